The fourth-order valence-corrected chi connectivity index (χ4v) is 4.21. The molecule has 4 rings (SSSR count). The zero-order valence-electron chi connectivity index (χ0n) is 20.8. The lowest BCUT2D eigenvalue weighted by Gasteiger charge is -2.33. The van der Waals surface area contributed by atoms with Crippen molar-refractivity contribution in [2.24, 2.45) is 4.99 Å². The molecule has 35 heavy (non-hydrogen) atoms. The number of carbonyl (C=O) groups excluding carboxylic acids is 3. The molecule has 1 aromatic heterocycles. The highest BCUT2D eigenvalue weighted by molar-refractivity contribution is 6.23. The molecule has 0 N–H and O–H groups in total. The van der Waals surface area contributed by atoms with Crippen LogP contribution >= 0.6 is 0 Å². The van der Waals surface area contributed by atoms with Crippen LogP contribution in [0, 0.1) is 20.8 Å². The largest absolute Gasteiger partial charge is 0.459 e. The summed E-state index contributed by atoms with van der Waals surface area (Å²) in [5, 5.41) is 4.63. The van der Waals surface area contributed by atoms with Gasteiger partial charge in [-0.05, 0) is 32.8 Å². The molecule has 0 bridgehead atoms. The van der Waals surface area contributed by atoms with E-state index in [-0.39, 0.29) is 6.61 Å². The van der Waals surface area contributed by atoms with Crippen LogP contribution in [0.25, 0.3) is 0 Å². The quantitative estimate of drug-likeness (QED) is 0.448. The molecule has 1 saturated heterocycles. The van der Waals surface area contributed by atoms with Crippen molar-refractivity contribution in [1.82, 2.24) is 19.6 Å². The number of aliphatic imine (C=N–C) groups is 1. The summed E-state index contributed by atoms with van der Waals surface area (Å²) >= 11 is 0. The summed E-state index contributed by atoms with van der Waals surface area (Å²) in [5.74, 6) is -0.299. The number of aryl methyl sites for hydroxylation is 1. The average molecular weight is 480 g/mol. The van der Waals surface area contributed by atoms with Crippen LogP contribution in [0.2, 0.25) is 0 Å². The number of fused-ring (bicyclic) bond motifs is 1. The van der Waals surface area contributed by atoms with E-state index in [1.54, 1.807) is 11.7 Å². The predicted octanol–water partition coefficient (Wildman–Crippen LogP) is 2.24. The topological polar surface area (TPSA) is 100 Å². The van der Waals surface area contributed by atoms with Crippen LogP contribution in [0.15, 0.2) is 35.3 Å². The van der Waals surface area contributed by atoms with Crippen LogP contribution in [0.4, 0.5) is 4.79 Å². The highest BCUT2D eigenvalue weighted by Gasteiger charge is 2.53. The van der Waals surface area contributed by atoms with E-state index >= 15 is 0 Å². The third-order valence-corrected chi connectivity index (χ3v) is 6.51. The number of ether oxygens (including phenoxy) is 1. The Morgan fingerprint density at radius 2 is 1.86 bits per heavy atom. The van der Waals surface area contributed by atoms with E-state index in [0.29, 0.717) is 18.3 Å². The second-order valence-electron chi connectivity index (χ2n) is 8.84. The number of imide groups is 1. The molecule has 0 radical (unpaired) electrons. The normalized spacial score (nSPS) is 17.7. The van der Waals surface area contributed by atoms with Gasteiger partial charge in [0.25, 0.3) is 5.91 Å². The monoisotopic (exact) mass is 479 g/mol. The third kappa shape index (κ3) is 4.48. The molecule has 10 nitrogen and oxygen atoms in total. The van der Waals surface area contributed by atoms with Gasteiger partial charge in [-0.2, -0.15) is 0 Å². The number of unbranched alkanes of at least 4 members (excludes halogenated alkanes) is 1. The van der Waals surface area contributed by atoms with Gasteiger partial charge in [0, 0.05) is 12.6 Å². The van der Waals surface area contributed by atoms with E-state index in [1.165, 1.54) is 4.90 Å². The molecule has 0 saturated carbocycles. The van der Waals surface area contributed by atoms with Gasteiger partial charge < -0.3 is 4.74 Å². The zero-order chi connectivity index (χ0) is 25.3. The lowest BCUT2D eigenvalue weighted by Crippen LogP contribution is -2.63. The molecule has 1 fully saturated rings. The second kappa shape index (κ2) is 9.81. The third-order valence-electron chi connectivity index (χ3n) is 6.51. The first kappa shape index (κ1) is 24.3. The summed E-state index contributed by atoms with van der Waals surface area (Å²) < 4.78 is 8.93. The van der Waals surface area contributed by atoms with Gasteiger partial charge in [-0.1, -0.05) is 48.7 Å². The van der Waals surface area contributed by atoms with Gasteiger partial charge in [0.15, 0.2) is 0 Å². The van der Waals surface area contributed by atoms with Crippen LogP contribution in [0.1, 0.15) is 42.3 Å². The first-order valence-electron chi connectivity index (χ1n) is 11.8. The van der Waals surface area contributed by atoms with Crippen molar-refractivity contribution in [2.75, 3.05) is 20.1 Å². The molecule has 10 heteroatoms. The summed E-state index contributed by atoms with van der Waals surface area (Å²) in [4.78, 5) is 46.2. The highest BCUT2D eigenvalue weighted by atomic mass is 16.5. The number of aromatic nitrogens is 2. The number of amidine groups is 1. The van der Waals surface area contributed by atoms with Gasteiger partial charge in [-0.3, -0.25) is 14.5 Å². The molecule has 1 unspecified atom stereocenters. The zero-order valence-corrected chi connectivity index (χ0v) is 20.8. The van der Waals surface area contributed by atoms with Gasteiger partial charge in [0.2, 0.25) is 11.9 Å². The number of likely N-dealkylation sites (N-methyl/N-ethyl adjacent to an activating group) is 1. The second-order valence-corrected chi connectivity index (χ2v) is 8.84. The molecule has 0 spiro atoms. The molecular weight excluding hydrogens is 448 g/mol. The number of amides is 3. The van der Waals surface area contributed by atoms with Crippen LogP contribution in [0.5, 0.6) is 0 Å². The molecule has 3 amide bonds. The summed E-state index contributed by atoms with van der Waals surface area (Å²) in [6.45, 7) is 8.10. The van der Waals surface area contributed by atoms with Crippen molar-refractivity contribution in [2.45, 2.75) is 53.2 Å². The van der Waals surface area contributed by atoms with Crippen molar-refractivity contribution in [3.05, 3.63) is 52.8 Å². The Balaban J connectivity index is 1.62. The maximum Gasteiger partial charge on any atom is 0.421 e. The minimum absolute atomic E-state index is 0.0691. The minimum Gasteiger partial charge on any atom is -0.459 e. The number of hydrogen-bond donors (Lipinski definition) is 0. The summed E-state index contributed by atoms with van der Waals surface area (Å²) in [7, 11) is 1.57. The van der Waals surface area contributed by atoms with Gasteiger partial charge in [0.1, 0.15) is 18.8 Å². The van der Waals surface area contributed by atoms with Gasteiger partial charge in [-0.15, -0.1) is 9.78 Å². The first-order chi connectivity index (χ1) is 16.7. The number of esters is 1. The van der Waals surface area contributed by atoms with E-state index in [1.807, 2.05) is 55.7 Å². The SMILES string of the molecule is CCCC[N+]1=C(n2nc(C)c(C)c2C)N=C2C1C(=O)N(CC(=O)OCc1ccccc1)C(=O)N2C. The maximum absolute atomic E-state index is 13.6. The Hall–Kier alpha value is -3.82. The van der Waals surface area contributed by atoms with E-state index in [4.69, 9.17) is 9.73 Å². The summed E-state index contributed by atoms with van der Waals surface area (Å²) in [5.41, 5.74) is 3.66. The Labute approximate surface area is 204 Å². The fourth-order valence-electron chi connectivity index (χ4n) is 4.21. The maximum atomic E-state index is 13.6. The first-order valence-corrected chi connectivity index (χ1v) is 11.8. The fraction of sp³-hybridized carbons (Fsp3) is 0.440. The average Bonchev–Trinajstić information content (AvgIpc) is 3.36. The molecule has 1 aromatic carbocycles. The Morgan fingerprint density at radius 1 is 1.14 bits per heavy atom. The minimum atomic E-state index is -0.814. The van der Waals surface area contributed by atoms with Crippen molar-refractivity contribution in [1.29, 1.82) is 0 Å². The molecule has 2 aromatic rings. The van der Waals surface area contributed by atoms with Crippen LogP contribution in [0.3, 0.4) is 0 Å². The van der Waals surface area contributed by atoms with Crippen LogP contribution in [-0.4, -0.2) is 80.0 Å². The number of benzene rings is 1. The number of nitrogens with zero attached hydrogens (tertiary/aromatic N) is 6. The molecule has 1 atom stereocenters. The van der Waals surface area contributed by atoms with Crippen molar-refractivity contribution >= 4 is 29.7 Å². The number of hydrogen-bond acceptors (Lipinski definition) is 6. The number of rotatable bonds is 7. The molecule has 2 aliphatic heterocycles. The molecule has 184 valence electrons. The molecule has 2 aliphatic rings. The summed E-state index contributed by atoms with van der Waals surface area (Å²) in [6, 6.07) is 7.82. The number of urea groups is 1. The Morgan fingerprint density at radius 3 is 2.49 bits per heavy atom. The van der Waals surface area contributed by atoms with Crippen LogP contribution < -0.4 is 0 Å². The van der Waals surface area contributed by atoms with E-state index in [0.717, 1.165) is 40.3 Å². The molecular formula is C25H31N6O4+. The smallest absolute Gasteiger partial charge is 0.421 e. The molecule has 0 aliphatic carbocycles. The van der Waals surface area contributed by atoms with Crippen molar-refractivity contribution in [3.8, 4) is 0 Å². The van der Waals surface area contributed by atoms with E-state index < -0.39 is 30.5 Å². The highest BCUT2D eigenvalue weighted by Crippen LogP contribution is 2.22. The Kier molecular flexibility index (Phi) is 6.81. The predicted molar refractivity (Wildman–Crippen MR) is 129 cm³/mol. The van der Waals surface area contributed by atoms with Gasteiger partial charge in [0.05, 0.1) is 12.2 Å². The lowest BCUT2D eigenvalue weighted by molar-refractivity contribution is -0.538. The van der Waals surface area contributed by atoms with Crippen LogP contribution in [-0.2, 0) is 20.9 Å². The van der Waals surface area contributed by atoms with Crippen molar-refractivity contribution < 1.29 is 23.7 Å². The van der Waals surface area contributed by atoms with E-state index in [2.05, 4.69) is 12.0 Å². The van der Waals surface area contributed by atoms with E-state index in [9.17, 15) is 14.4 Å². The molecule has 3 heterocycles. The standard InChI is InChI=1S/C25H31N6O4/c1-6-7-13-29-21-22(26-24(29)31-18(4)16(2)17(3)27-31)28(5)25(34)30(23(21)33)14-20(32)35-15-19-11-9-8-10-12-19/h8-12,21H,6-7,13-15H2,1-5H3/q+1. The van der Waals surface area contributed by atoms with Gasteiger partial charge in [-0.25, -0.2) is 14.3 Å². The lowest BCUT2D eigenvalue weighted by atomic mass is 10.1. The van der Waals surface area contributed by atoms with Gasteiger partial charge >= 0.3 is 18.0 Å². The van der Waals surface area contributed by atoms with Crippen molar-refractivity contribution in [3.63, 3.8) is 0 Å². The Bertz CT molecular complexity index is 1230. The summed E-state index contributed by atoms with van der Waals surface area (Å²) in [6.07, 6.45) is 1.74. The number of carbonyl (C=O) groups is 3.